The van der Waals surface area contributed by atoms with E-state index in [1.165, 1.54) is 22.3 Å². The SMILES string of the molecule is CCCc1ccc(COc2cccc(C#N)c2)cc1CCCc1ccccc1. The second kappa shape index (κ2) is 10.3. The number of benzene rings is 3. The first-order valence-corrected chi connectivity index (χ1v) is 10.1. The summed E-state index contributed by atoms with van der Waals surface area (Å²) in [4.78, 5) is 0. The smallest absolute Gasteiger partial charge is 0.121 e. The zero-order chi connectivity index (χ0) is 19.6. The third-order valence-corrected chi connectivity index (χ3v) is 4.91. The molecule has 142 valence electrons. The molecular weight excluding hydrogens is 342 g/mol. The predicted octanol–water partition coefficient (Wildman–Crippen LogP) is 6.27. The summed E-state index contributed by atoms with van der Waals surface area (Å²) >= 11 is 0. The van der Waals surface area contributed by atoms with E-state index < -0.39 is 0 Å². The first-order valence-electron chi connectivity index (χ1n) is 10.1. The summed E-state index contributed by atoms with van der Waals surface area (Å²) in [7, 11) is 0. The quantitative estimate of drug-likeness (QED) is 0.445. The molecular formula is C26H27NO. The monoisotopic (exact) mass is 369 g/mol. The van der Waals surface area contributed by atoms with Crippen molar-refractivity contribution in [2.45, 2.75) is 45.6 Å². The van der Waals surface area contributed by atoms with E-state index in [-0.39, 0.29) is 0 Å². The van der Waals surface area contributed by atoms with Gasteiger partial charge >= 0.3 is 0 Å². The lowest BCUT2D eigenvalue weighted by Gasteiger charge is -2.13. The number of hydrogen-bond acceptors (Lipinski definition) is 2. The standard InChI is InChI=1S/C26H27NO/c1-2-8-24-16-15-23(20-28-26-14-7-12-22(18-26)19-27)17-25(24)13-6-11-21-9-4-3-5-10-21/h3-5,7,9-10,12,14-18H,2,6,8,11,13,20H2,1H3. The van der Waals surface area contributed by atoms with Crippen molar-refractivity contribution in [2.75, 3.05) is 0 Å². The Morgan fingerprint density at radius 3 is 2.43 bits per heavy atom. The lowest BCUT2D eigenvalue weighted by atomic mass is 9.95. The Balaban J connectivity index is 1.65. The molecule has 3 aromatic carbocycles. The second-order valence-corrected chi connectivity index (χ2v) is 7.12. The molecule has 0 atom stereocenters. The van der Waals surface area contributed by atoms with Gasteiger partial charge in [0.1, 0.15) is 12.4 Å². The van der Waals surface area contributed by atoms with E-state index in [0.29, 0.717) is 12.2 Å². The average molecular weight is 370 g/mol. The lowest BCUT2D eigenvalue weighted by molar-refractivity contribution is 0.306. The molecule has 0 heterocycles. The third kappa shape index (κ3) is 5.72. The van der Waals surface area contributed by atoms with E-state index in [1.807, 2.05) is 12.1 Å². The van der Waals surface area contributed by atoms with Crippen LogP contribution in [0.15, 0.2) is 72.8 Å². The van der Waals surface area contributed by atoms with Crippen LogP contribution in [-0.4, -0.2) is 0 Å². The number of ether oxygens (including phenoxy) is 1. The van der Waals surface area contributed by atoms with Gasteiger partial charge in [-0.05, 0) is 66.1 Å². The fourth-order valence-electron chi connectivity index (χ4n) is 3.46. The highest BCUT2D eigenvalue weighted by Gasteiger charge is 2.06. The van der Waals surface area contributed by atoms with E-state index in [4.69, 9.17) is 10.00 Å². The molecule has 28 heavy (non-hydrogen) atoms. The van der Waals surface area contributed by atoms with Crippen LogP contribution in [0.4, 0.5) is 0 Å². The molecule has 0 N–H and O–H groups in total. The highest BCUT2D eigenvalue weighted by Crippen LogP contribution is 2.20. The Morgan fingerprint density at radius 2 is 1.64 bits per heavy atom. The van der Waals surface area contributed by atoms with Crippen LogP contribution in [0.25, 0.3) is 0 Å². The molecule has 0 aliphatic heterocycles. The fraction of sp³-hybridized carbons (Fsp3) is 0.269. The average Bonchev–Trinajstić information content (AvgIpc) is 2.75. The maximum Gasteiger partial charge on any atom is 0.121 e. The molecule has 0 aliphatic rings. The van der Waals surface area contributed by atoms with Gasteiger partial charge in [-0.1, -0.05) is 67.9 Å². The van der Waals surface area contributed by atoms with Crippen molar-refractivity contribution in [1.29, 1.82) is 5.26 Å². The van der Waals surface area contributed by atoms with Crippen LogP contribution in [0.2, 0.25) is 0 Å². The Bertz CT molecular complexity index is 925. The van der Waals surface area contributed by atoms with Crippen molar-refractivity contribution in [1.82, 2.24) is 0 Å². The maximum atomic E-state index is 9.02. The minimum Gasteiger partial charge on any atom is -0.489 e. The minimum absolute atomic E-state index is 0.521. The summed E-state index contributed by atoms with van der Waals surface area (Å²) in [5.41, 5.74) is 6.08. The van der Waals surface area contributed by atoms with Crippen LogP contribution in [0.5, 0.6) is 5.75 Å². The molecule has 0 saturated heterocycles. The number of rotatable bonds is 9. The summed E-state index contributed by atoms with van der Waals surface area (Å²) in [6, 6.07) is 26.9. The first-order chi connectivity index (χ1) is 13.8. The highest BCUT2D eigenvalue weighted by atomic mass is 16.5. The Hall–Kier alpha value is -3.05. The molecule has 0 radical (unpaired) electrons. The van der Waals surface area contributed by atoms with Crippen molar-refractivity contribution >= 4 is 0 Å². The molecule has 0 spiro atoms. The molecule has 0 bridgehead atoms. The van der Waals surface area contributed by atoms with Gasteiger partial charge in [-0.3, -0.25) is 0 Å². The maximum absolute atomic E-state index is 9.02. The molecule has 2 nitrogen and oxygen atoms in total. The molecule has 0 unspecified atom stereocenters. The van der Waals surface area contributed by atoms with Crippen LogP contribution in [0.3, 0.4) is 0 Å². The summed E-state index contributed by atoms with van der Waals surface area (Å²) in [6.07, 6.45) is 5.61. The van der Waals surface area contributed by atoms with Gasteiger partial charge < -0.3 is 4.74 Å². The number of nitrogens with zero attached hydrogens (tertiary/aromatic N) is 1. The van der Waals surface area contributed by atoms with Crippen molar-refractivity contribution in [3.8, 4) is 11.8 Å². The van der Waals surface area contributed by atoms with E-state index in [2.05, 4.69) is 61.5 Å². The molecule has 0 amide bonds. The zero-order valence-electron chi connectivity index (χ0n) is 16.5. The van der Waals surface area contributed by atoms with Gasteiger partial charge in [0, 0.05) is 0 Å². The van der Waals surface area contributed by atoms with Crippen LogP contribution < -0.4 is 4.74 Å². The van der Waals surface area contributed by atoms with Crippen LogP contribution in [-0.2, 0) is 25.9 Å². The normalized spacial score (nSPS) is 10.4. The predicted molar refractivity (Wildman–Crippen MR) is 114 cm³/mol. The largest absolute Gasteiger partial charge is 0.489 e. The molecule has 0 fully saturated rings. The Kier molecular flexibility index (Phi) is 7.27. The van der Waals surface area contributed by atoms with Crippen LogP contribution >= 0.6 is 0 Å². The zero-order valence-corrected chi connectivity index (χ0v) is 16.5. The lowest BCUT2D eigenvalue weighted by Crippen LogP contribution is -2.01. The molecule has 3 rings (SSSR count). The molecule has 3 aromatic rings. The molecule has 0 aliphatic carbocycles. The number of hydrogen-bond donors (Lipinski definition) is 0. The molecule has 0 aromatic heterocycles. The minimum atomic E-state index is 0.521. The van der Waals surface area contributed by atoms with Gasteiger partial charge in [0.2, 0.25) is 0 Å². The van der Waals surface area contributed by atoms with Crippen molar-refractivity contribution in [3.05, 3.63) is 101 Å². The second-order valence-electron chi connectivity index (χ2n) is 7.12. The summed E-state index contributed by atoms with van der Waals surface area (Å²) in [6.45, 7) is 2.75. The number of nitriles is 1. The fourth-order valence-corrected chi connectivity index (χ4v) is 3.46. The van der Waals surface area contributed by atoms with Gasteiger partial charge in [0.15, 0.2) is 0 Å². The van der Waals surface area contributed by atoms with Gasteiger partial charge in [-0.15, -0.1) is 0 Å². The van der Waals surface area contributed by atoms with Gasteiger partial charge in [0.25, 0.3) is 0 Å². The summed E-state index contributed by atoms with van der Waals surface area (Å²) in [5, 5.41) is 9.02. The molecule has 2 heteroatoms. The topological polar surface area (TPSA) is 33.0 Å². The Labute approximate surface area is 168 Å². The van der Waals surface area contributed by atoms with E-state index in [0.717, 1.165) is 37.9 Å². The molecule has 0 saturated carbocycles. The van der Waals surface area contributed by atoms with E-state index >= 15 is 0 Å². The van der Waals surface area contributed by atoms with Crippen molar-refractivity contribution in [3.63, 3.8) is 0 Å². The summed E-state index contributed by atoms with van der Waals surface area (Å²) < 4.78 is 5.91. The summed E-state index contributed by atoms with van der Waals surface area (Å²) in [5.74, 6) is 0.738. The third-order valence-electron chi connectivity index (χ3n) is 4.91. The van der Waals surface area contributed by atoms with Crippen LogP contribution in [0, 0.1) is 11.3 Å². The van der Waals surface area contributed by atoms with Crippen molar-refractivity contribution in [2.24, 2.45) is 0 Å². The van der Waals surface area contributed by atoms with Crippen molar-refractivity contribution < 1.29 is 4.74 Å². The van der Waals surface area contributed by atoms with E-state index in [9.17, 15) is 0 Å². The highest BCUT2D eigenvalue weighted by molar-refractivity contribution is 5.37. The first kappa shape index (κ1) is 19.7. The number of aryl methyl sites for hydroxylation is 3. The van der Waals surface area contributed by atoms with Crippen LogP contribution in [0.1, 0.15) is 47.6 Å². The van der Waals surface area contributed by atoms with Gasteiger partial charge in [-0.25, -0.2) is 0 Å². The van der Waals surface area contributed by atoms with Gasteiger partial charge in [0.05, 0.1) is 11.6 Å². The van der Waals surface area contributed by atoms with E-state index in [1.54, 1.807) is 12.1 Å². The van der Waals surface area contributed by atoms with Gasteiger partial charge in [-0.2, -0.15) is 5.26 Å². The Morgan fingerprint density at radius 1 is 0.786 bits per heavy atom.